The topological polar surface area (TPSA) is 6.48 Å². The van der Waals surface area contributed by atoms with Crippen molar-refractivity contribution in [3.05, 3.63) is 298 Å². The van der Waals surface area contributed by atoms with Gasteiger partial charge in [-0.15, -0.1) is 0 Å². The molecule has 0 atom stereocenters. The van der Waals surface area contributed by atoms with Crippen molar-refractivity contribution in [1.29, 1.82) is 0 Å². The Hall–Kier alpha value is -8.46. The van der Waals surface area contributed by atoms with Gasteiger partial charge in [0.05, 0.1) is 11.4 Å². The number of hydrogen-bond acceptors (Lipinski definition) is 2. The zero-order valence-corrected chi connectivity index (χ0v) is 36.0. The molecule has 8 aromatic carbocycles. The summed E-state index contributed by atoms with van der Waals surface area (Å²) in [5.74, 6) is 0. The van der Waals surface area contributed by atoms with Gasteiger partial charge in [0.1, 0.15) is 0 Å². The Morgan fingerprint density at radius 1 is 0.438 bits per heavy atom. The molecule has 308 valence electrons. The molecule has 0 aliphatic heterocycles. The average Bonchev–Trinajstić information content (AvgIpc) is 3.35. The van der Waals surface area contributed by atoms with Crippen molar-refractivity contribution in [2.45, 2.75) is 0 Å². The molecule has 0 radical (unpaired) electrons. The van der Waals surface area contributed by atoms with E-state index in [-0.39, 0.29) is 0 Å². The number of rotatable bonds is 16. The van der Waals surface area contributed by atoms with E-state index in [9.17, 15) is 0 Å². The van der Waals surface area contributed by atoms with Gasteiger partial charge < -0.3 is 9.80 Å². The minimum Gasteiger partial charge on any atom is -0.317 e. The van der Waals surface area contributed by atoms with Gasteiger partial charge in [-0.2, -0.15) is 0 Å². The fourth-order valence-corrected chi connectivity index (χ4v) is 7.97. The molecule has 8 rings (SSSR count). The van der Waals surface area contributed by atoms with Crippen LogP contribution in [0, 0.1) is 0 Å². The third-order valence-electron chi connectivity index (χ3n) is 11.3. The first-order valence-electron chi connectivity index (χ1n) is 21.4. The van der Waals surface area contributed by atoms with Crippen molar-refractivity contribution in [2.24, 2.45) is 0 Å². The van der Waals surface area contributed by atoms with Crippen molar-refractivity contribution in [2.75, 3.05) is 9.80 Å². The van der Waals surface area contributed by atoms with E-state index in [0.29, 0.717) is 0 Å². The zero-order valence-electron chi connectivity index (χ0n) is 36.0. The van der Waals surface area contributed by atoms with Gasteiger partial charge in [-0.3, -0.25) is 0 Å². The van der Waals surface area contributed by atoms with E-state index >= 15 is 0 Å². The van der Waals surface area contributed by atoms with Crippen molar-refractivity contribution >= 4 is 49.9 Å². The molecule has 0 aromatic heterocycles. The number of nitrogens with zero attached hydrogens (tertiary/aromatic N) is 2. The minimum absolute atomic E-state index is 0.771. The third-order valence-corrected chi connectivity index (χ3v) is 11.3. The van der Waals surface area contributed by atoms with Crippen LogP contribution in [0.5, 0.6) is 0 Å². The number of anilines is 4. The number of hydrogen-bond donors (Lipinski definition) is 0. The Morgan fingerprint density at radius 2 is 0.969 bits per heavy atom. The highest BCUT2D eigenvalue weighted by atomic mass is 15.1. The Bertz CT molecular complexity index is 3110. The lowest BCUT2D eigenvalue weighted by Crippen LogP contribution is -2.13. The van der Waals surface area contributed by atoms with Crippen molar-refractivity contribution in [1.82, 2.24) is 0 Å². The Balaban J connectivity index is 1.13. The molecule has 0 unspecified atom stereocenters. The zero-order chi connectivity index (χ0) is 44.3. The van der Waals surface area contributed by atoms with Crippen LogP contribution < -0.4 is 9.80 Å². The molecule has 8 aromatic rings. The minimum atomic E-state index is 0.771. The summed E-state index contributed by atoms with van der Waals surface area (Å²) in [7, 11) is 0. The average molecular weight is 823 g/mol. The summed E-state index contributed by atoms with van der Waals surface area (Å²) in [5, 5.41) is 4.64. The molecule has 0 fully saturated rings. The molecule has 0 saturated carbocycles. The monoisotopic (exact) mass is 822 g/mol. The quantitative estimate of drug-likeness (QED) is 0.0896. The Morgan fingerprint density at radius 3 is 1.62 bits per heavy atom. The van der Waals surface area contributed by atoms with Crippen LogP contribution in [0.3, 0.4) is 0 Å². The van der Waals surface area contributed by atoms with E-state index in [1.54, 1.807) is 6.08 Å². The SMILES string of the molecule is C=C/C=C\C(=C)C(=C)/C=C\C(=C)N(/C=C/C=C(\C=C)c1ccccc1-c1ccc(N(c2ccc(-c3ccccc3)cc2)c2cccc3ccccc23)cc1)c1cccc2ccccc12. The predicted octanol–water partition coefficient (Wildman–Crippen LogP) is 17.3. The lowest BCUT2D eigenvalue weighted by atomic mass is 9.94. The molecule has 2 heteroatoms. The van der Waals surface area contributed by atoms with E-state index in [1.165, 1.54) is 21.9 Å². The third kappa shape index (κ3) is 9.38. The van der Waals surface area contributed by atoms with E-state index in [1.807, 2.05) is 30.4 Å². The van der Waals surface area contributed by atoms with Crippen LogP contribution >= 0.6 is 0 Å². The first kappa shape index (κ1) is 42.2. The normalized spacial score (nSPS) is 11.7. The van der Waals surface area contributed by atoms with Gasteiger partial charge in [0.15, 0.2) is 0 Å². The number of fused-ring (bicyclic) bond motifs is 2. The maximum atomic E-state index is 4.49. The first-order valence-corrected chi connectivity index (χ1v) is 21.4. The van der Waals surface area contributed by atoms with Crippen molar-refractivity contribution in [3.8, 4) is 22.3 Å². The summed E-state index contributed by atoms with van der Waals surface area (Å²) >= 11 is 0. The summed E-state index contributed by atoms with van der Waals surface area (Å²) in [6.45, 7) is 20.9. The maximum absolute atomic E-state index is 4.49. The van der Waals surface area contributed by atoms with E-state index in [2.05, 4.69) is 249 Å². The van der Waals surface area contributed by atoms with Gasteiger partial charge in [0.2, 0.25) is 0 Å². The molecule has 2 nitrogen and oxygen atoms in total. The molecule has 0 saturated heterocycles. The standard InChI is InChI=1S/C62H50N2/c1-6-8-21-46(3)47(4)35-36-48(5)63(61-33-18-26-52-24-12-14-31-59(52)61)45-20-28-49(7-2)57-29-16-17-30-58(57)54-39-43-56(44-40-54)64(62-34-19-27-53-25-13-15-32-60(53)62)55-41-37-51(38-42-55)50-22-10-9-11-23-50/h6-45H,1-5H2/b21-8-,36-35-,45-20+,49-28+. The highest BCUT2D eigenvalue weighted by Crippen LogP contribution is 2.41. The fraction of sp³-hybridized carbons (Fsp3) is 0. The molecule has 0 N–H and O–H groups in total. The molecule has 0 aliphatic carbocycles. The largest absolute Gasteiger partial charge is 0.317 e. The first-order chi connectivity index (χ1) is 31.4. The molecular formula is C62H50N2. The van der Waals surface area contributed by atoms with E-state index in [4.69, 9.17) is 0 Å². The van der Waals surface area contributed by atoms with Gasteiger partial charge in [-0.1, -0.05) is 221 Å². The smallest absolute Gasteiger partial charge is 0.0540 e. The molecule has 64 heavy (non-hydrogen) atoms. The fourth-order valence-electron chi connectivity index (χ4n) is 7.97. The number of benzene rings is 8. The maximum Gasteiger partial charge on any atom is 0.0540 e. The molecule has 0 spiro atoms. The van der Waals surface area contributed by atoms with Crippen LogP contribution in [0.2, 0.25) is 0 Å². The van der Waals surface area contributed by atoms with Gasteiger partial charge >= 0.3 is 0 Å². The lowest BCUT2D eigenvalue weighted by molar-refractivity contribution is 1.22. The van der Waals surface area contributed by atoms with Crippen LogP contribution in [-0.2, 0) is 0 Å². The predicted molar refractivity (Wildman–Crippen MR) is 279 cm³/mol. The van der Waals surface area contributed by atoms with E-state index in [0.717, 1.165) is 72.6 Å². The van der Waals surface area contributed by atoms with Gasteiger partial charge in [0.25, 0.3) is 0 Å². The van der Waals surface area contributed by atoms with Crippen LogP contribution in [0.25, 0.3) is 49.4 Å². The van der Waals surface area contributed by atoms with Gasteiger partial charge in [0, 0.05) is 34.0 Å². The summed E-state index contributed by atoms with van der Waals surface area (Å²) in [5.41, 5.74) is 13.3. The summed E-state index contributed by atoms with van der Waals surface area (Å²) in [6, 6.07) is 66.5. The van der Waals surface area contributed by atoms with Gasteiger partial charge in [-0.25, -0.2) is 0 Å². The molecule has 0 bridgehead atoms. The van der Waals surface area contributed by atoms with Crippen LogP contribution in [0.15, 0.2) is 293 Å². The number of allylic oxidation sites excluding steroid dienone is 11. The molecular weight excluding hydrogens is 773 g/mol. The second kappa shape index (κ2) is 19.9. The molecule has 0 heterocycles. The lowest BCUT2D eigenvalue weighted by Gasteiger charge is -2.27. The second-order valence-corrected chi connectivity index (χ2v) is 15.3. The second-order valence-electron chi connectivity index (χ2n) is 15.3. The van der Waals surface area contributed by atoms with E-state index < -0.39 is 0 Å². The van der Waals surface area contributed by atoms with Crippen LogP contribution in [0.1, 0.15) is 5.56 Å². The van der Waals surface area contributed by atoms with Crippen LogP contribution in [0.4, 0.5) is 22.7 Å². The van der Waals surface area contributed by atoms with Crippen molar-refractivity contribution < 1.29 is 0 Å². The Kier molecular flexibility index (Phi) is 13.2. The summed E-state index contributed by atoms with van der Waals surface area (Å²) in [4.78, 5) is 4.46. The van der Waals surface area contributed by atoms with Crippen molar-refractivity contribution in [3.63, 3.8) is 0 Å². The highest BCUT2D eigenvalue weighted by Gasteiger charge is 2.17. The molecule has 0 amide bonds. The summed E-state index contributed by atoms with van der Waals surface area (Å²) in [6.07, 6.45) is 17.5. The highest BCUT2D eigenvalue weighted by molar-refractivity contribution is 5.99. The van der Waals surface area contributed by atoms with Gasteiger partial charge in [-0.05, 0) is 104 Å². The molecule has 0 aliphatic rings. The Labute approximate surface area is 378 Å². The summed E-state index contributed by atoms with van der Waals surface area (Å²) < 4.78 is 0. The van der Waals surface area contributed by atoms with Crippen LogP contribution in [-0.4, -0.2) is 0 Å².